The third kappa shape index (κ3) is 3.06. The summed E-state index contributed by atoms with van der Waals surface area (Å²) in [5.41, 5.74) is 7.38. The van der Waals surface area contributed by atoms with Gasteiger partial charge in [-0.3, -0.25) is 0 Å². The topological polar surface area (TPSA) is 85.8 Å². The Labute approximate surface area is 125 Å². The minimum atomic E-state index is -3.58. The minimum Gasteiger partial charge on any atom is -0.465 e. The highest BCUT2D eigenvalue weighted by molar-refractivity contribution is 7.89. The summed E-state index contributed by atoms with van der Waals surface area (Å²) < 4.78 is 37.6. The maximum absolute atomic E-state index is 12.8. The molecule has 1 aromatic rings. The molecule has 0 atom stereocenters. The highest BCUT2D eigenvalue weighted by atomic mass is 32.2. The van der Waals surface area contributed by atoms with Crippen molar-refractivity contribution in [2.24, 2.45) is 5.73 Å². The molecule has 0 aliphatic carbocycles. The molecular weight excluding hydrogens is 292 g/mol. The van der Waals surface area contributed by atoms with Gasteiger partial charge in [0.25, 0.3) is 0 Å². The lowest BCUT2D eigenvalue weighted by Gasteiger charge is -2.25. The van der Waals surface area contributed by atoms with E-state index in [9.17, 15) is 8.42 Å². The molecule has 0 bridgehead atoms. The second-order valence-corrected chi connectivity index (χ2v) is 7.01. The fraction of sp³-hybridized carbons (Fsp3) is 0.571. The van der Waals surface area contributed by atoms with Gasteiger partial charge in [0.2, 0.25) is 10.0 Å². The number of rotatable bonds is 5. The zero-order valence-electron chi connectivity index (χ0n) is 12.7. The van der Waals surface area contributed by atoms with E-state index in [1.165, 1.54) is 4.31 Å². The smallest absolute Gasteiger partial charge is 0.247 e. The Balaban J connectivity index is 2.32. The number of nitrogens with two attached hydrogens (primary N) is 1. The molecule has 7 heteroatoms. The molecule has 1 aliphatic rings. The van der Waals surface area contributed by atoms with Crippen LogP contribution < -0.4 is 5.73 Å². The average molecular weight is 314 g/mol. The quantitative estimate of drug-likeness (QED) is 0.829. The van der Waals surface area contributed by atoms with Crippen molar-refractivity contribution in [2.45, 2.75) is 31.7 Å². The lowest BCUT2D eigenvalue weighted by Crippen LogP contribution is -2.36. The number of sulfonamides is 1. The van der Waals surface area contributed by atoms with Gasteiger partial charge in [0, 0.05) is 32.3 Å². The molecule has 0 saturated heterocycles. The molecule has 0 amide bonds. The van der Waals surface area contributed by atoms with Crippen LogP contribution in [-0.4, -0.2) is 39.5 Å². The number of furan rings is 1. The Bertz CT molecular complexity index is 646. The maximum Gasteiger partial charge on any atom is 0.247 e. The predicted molar refractivity (Wildman–Crippen MR) is 79.4 cm³/mol. The average Bonchev–Trinajstić information content (AvgIpc) is 2.74. The monoisotopic (exact) mass is 314 g/mol. The van der Waals surface area contributed by atoms with E-state index >= 15 is 0 Å². The highest BCUT2D eigenvalue weighted by Crippen LogP contribution is 2.30. The van der Waals surface area contributed by atoms with E-state index in [-0.39, 0.29) is 11.4 Å². The summed E-state index contributed by atoms with van der Waals surface area (Å²) in [4.78, 5) is 0.228. The molecule has 0 aromatic carbocycles. The summed E-state index contributed by atoms with van der Waals surface area (Å²) in [5, 5.41) is 0. The summed E-state index contributed by atoms with van der Waals surface area (Å²) in [6, 6.07) is 0. The minimum absolute atomic E-state index is 0.149. The fourth-order valence-electron chi connectivity index (χ4n) is 2.64. The van der Waals surface area contributed by atoms with Gasteiger partial charge in [-0.2, -0.15) is 4.31 Å². The summed E-state index contributed by atoms with van der Waals surface area (Å²) >= 11 is 0. The van der Waals surface area contributed by atoms with Crippen LogP contribution in [0.4, 0.5) is 0 Å². The Morgan fingerprint density at radius 1 is 1.38 bits per heavy atom. The number of aryl methyl sites for hydroxylation is 2. The summed E-state index contributed by atoms with van der Waals surface area (Å²) in [6.07, 6.45) is 2.59. The number of hydrogen-bond donors (Lipinski definition) is 1. The van der Waals surface area contributed by atoms with Crippen molar-refractivity contribution in [1.29, 1.82) is 0 Å². The van der Waals surface area contributed by atoms with Gasteiger partial charge in [0.1, 0.15) is 16.4 Å². The van der Waals surface area contributed by atoms with Crippen LogP contribution in [0.15, 0.2) is 21.0 Å². The number of hydrogen-bond acceptors (Lipinski definition) is 5. The molecular formula is C14H22N2O4S. The van der Waals surface area contributed by atoms with Gasteiger partial charge in [-0.25, -0.2) is 8.42 Å². The number of methoxy groups -OCH3 is 1. The standard InChI is InChI=1S/C14H22N2O4S/c1-10-13(8-15)14(11(2)20-10)21(17,18)16-6-4-12(5-7-16)9-19-3/h4H,5-9,15H2,1-3H3. The zero-order valence-corrected chi connectivity index (χ0v) is 13.5. The van der Waals surface area contributed by atoms with Gasteiger partial charge in [0.15, 0.2) is 0 Å². The summed E-state index contributed by atoms with van der Waals surface area (Å²) in [5.74, 6) is 0.973. The van der Waals surface area contributed by atoms with E-state index in [0.717, 1.165) is 5.57 Å². The molecule has 118 valence electrons. The Morgan fingerprint density at radius 3 is 2.62 bits per heavy atom. The third-order valence-electron chi connectivity index (χ3n) is 3.72. The molecule has 1 aromatic heterocycles. The van der Waals surface area contributed by atoms with Crippen LogP contribution in [0, 0.1) is 13.8 Å². The Kier molecular flexibility index (Phi) is 4.88. The van der Waals surface area contributed by atoms with Crippen LogP contribution in [-0.2, 0) is 21.3 Å². The number of nitrogens with zero attached hydrogens (tertiary/aromatic N) is 1. The first-order valence-corrected chi connectivity index (χ1v) is 8.31. The molecule has 2 rings (SSSR count). The molecule has 6 nitrogen and oxygen atoms in total. The van der Waals surface area contributed by atoms with Crippen molar-refractivity contribution < 1.29 is 17.6 Å². The van der Waals surface area contributed by atoms with Crippen LogP contribution in [0.5, 0.6) is 0 Å². The molecule has 0 fully saturated rings. The van der Waals surface area contributed by atoms with Gasteiger partial charge in [0.05, 0.1) is 6.61 Å². The fourth-order valence-corrected chi connectivity index (χ4v) is 4.44. The van der Waals surface area contributed by atoms with E-state index in [1.807, 2.05) is 6.08 Å². The van der Waals surface area contributed by atoms with Crippen LogP contribution >= 0.6 is 0 Å². The molecule has 0 saturated carbocycles. The first-order valence-electron chi connectivity index (χ1n) is 6.87. The van der Waals surface area contributed by atoms with Gasteiger partial charge in [-0.15, -0.1) is 0 Å². The molecule has 0 spiro atoms. The van der Waals surface area contributed by atoms with Crippen molar-refractivity contribution >= 4 is 10.0 Å². The van der Waals surface area contributed by atoms with Crippen molar-refractivity contribution in [1.82, 2.24) is 4.31 Å². The second kappa shape index (κ2) is 6.31. The predicted octanol–water partition coefficient (Wildman–Crippen LogP) is 1.32. The van der Waals surface area contributed by atoms with Crippen LogP contribution in [0.25, 0.3) is 0 Å². The molecule has 1 aliphatic heterocycles. The van der Waals surface area contributed by atoms with Crippen molar-refractivity contribution in [3.05, 3.63) is 28.7 Å². The van der Waals surface area contributed by atoms with E-state index in [2.05, 4.69) is 0 Å². The summed E-state index contributed by atoms with van der Waals surface area (Å²) in [6.45, 7) is 4.90. The molecule has 21 heavy (non-hydrogen) atoms. The molecule has 2 N–H and O–H groups in total. The van der Waals surface area contributed by atoms with Gasteiger partial charge < -0.3 is 14.9 Å². The first-order chi connectivity index (χ1) is 9.91. The van der Waals surface area contributed by atoms with Crippen LogP contribution in [0.3, 0.4) is 0 Å². The highest BCUT2D eigenvalue weighted by Gasteiger charge is 2.32. The SMILES string of the molecule is COCC1=CCN(S(=O)(=O)c2c(C)oc(C)c2CN)CC1. The van der Waals surface area contributed by atoms with Gasteiger partial charge >= 0.3 is 0 Å². The molecule has 0 radical (unpaired) electrons. The van der Waals surface area contributed by atoms with E-state index in [0.29, 0.717) is 43.2 Å². The van der Waals surface area contributed by atoms with Gasteiger partial charge in [-0.05, 0) is 25.8 Å². The number of ether oxygens (including phenoxy) is 1. The van der Waals surface area contributed by atoms with Crippen molar-refractivity contribution in [3.63, 3.8) is 0 Å². The Hall–Kier alpha value is -1.15. The normalized spacial score (nSPS) is 17.0. The zero-order chi connectivity index (χ0) is 15.6. The van der Waals surface area contributed by atoms with Crippen LogP contribution in [0.2, 0.25) is 0 Å². The largest absolute Gasteiger partial charge is 0.465 e. The molecule has 0 unspecified atom stereocenters. The van der Waals surface area contributed by atoms with E-state index < -0.39 is 10.0 Å². The lowest BCUT2D eigenvalue weighted by molar-refractivity contribution is 0.219. The Morgan fingerprint density at radius 2 is 2.10 bits per heavy atom. The lowest BCUT2D eigenvalue weighted by atomic mass is 10.1. The van der Waals surface area contributed by atoms with E-state index in [1.54, 1.807) is 21.0 Å². The molecule has 2 heterocycles. The van der Waals surface area contributed by atoms with E-state index in [4.69, 9.17) is 14.9 Å². The van der Waals surface area contributed by atoms with Crippen molar-refractivity contribution in [2.75, 3.05) is 26.8 Å². The van der Waals surface area contributed by atoms with Crippen molar-refractivity contribution in [3.8, 4) is 0 Å². The first kappa shape index (κ1) is 16.2. The van der Waals surface area contributed by atoms with Crippen LogP contribution in [0.1, 0.15) is 23.5 Å². The second-order valence-electron chi connectivity index (χ2n) is 5.13. The van der Waals surface area contributed by atoms with Gasteiger partial charge in [-0.1, -0.05) is 6.08 Å². The summed E-state index contributed by atoms with van der Waals surface area (Å²) in [7, 11) is -1.94. The maximum atomic E-state index is 12.8. The third-order valence-corrected chi connectivity index (χ3v) is 5.78.